The number of amides is 2. The van der Waals surface area contributed by atoms with E-state index in [1.54, 1.807) is 18.2 Å². The smallest absolute Gasteiger partial charge is 0.414 e. The van der Waals surface area contributed by atoms with Crippen molar-refractivity contribution in [3.63, 3.8) is 0 Å². The summed E-state index contributed by atoms with van der Waals surface area (Å²) < 4.78 is 32.6. The summed E-state index contributed by atoms with van der Waals surface area (Å²) in [5, 5.41) is 3.19. The number of carbonyl (C=O) groups is 2. The predicted octanol–water partition coefficient (Wildman–Crippen LogP) is 1.89. The van der Waals surface area contributed by atoms with Gasteiger partial charge in [0.1, 0.15) is 6.10 Å². The zero-order chi connectivity index (χ0) is 24.5. The number of allylic oxidation sites excluding steroid dienone is 3. The van der Waals surface area contributed by atoms with Gasteiger partial charge in [-0.3, -0.25) is 9.69 Å². The number of halogens is 1. The van der Waals surface area contributed by atoms with Crippen molar-refractivity contribution in [2.75, 3.05) is 51.2 Å². The molecule has 4 rings (SSSR count). The van der Waals surface area contributed by atoms with Gasteiger partial charge in [-0.2, -0.15) is 4.31 Å². The zero-order valence-electron chi connectivity index (χ0n) is 18.6. The molecule has 34 heavy (non-hydrogen) atoms. The third kappa shape index (κ3) is 5.33. The first-order valence-electron chi connectivity index (χ1n) is 10.8. The van der Waals surface area contributed by atoms with E-state index in [0.29, 0.717) is 53.8 Å². The number of anilines is 1. The van der Waals surface area contributed by atoms with Crippen LogP contribution in [-0.2, 0) is 19.6 Å². The molecular formula is C22H25ClN4O5S2. The van der Waals surface area contributed by atoms with Crippen molar-refractivity contribution in [3.8, 4) is 0 Å². The number of nitrogens with zero attached hydrogens (tertiary/aromatic N) is 3. The highest BCUT2D eigenvalue weighted by atomic mass is 35.5. The van der Waals surface area contributed by atoms with Crippen LogP contribution in [0.15, 0.2) is 51.9 Å². The van der Waals surface area contributed by atoms with E-state index in [0.717, 1.165) is 0 Å². The van der Waals surface area contributed by atoms with Gasteiger partial charge in [0.2, 0.25) is 10.0 Å². The Bertz CT molecular complexity index is 1160. The number of hydrogen-bond acceptors (Lipinski definition) is 7. The molecule has 0 aromatic heterocycles. The lowest BCUT2D eigenvalue weighted by Crippen LogP contribution is -2.47. The minimum Gasteiger partial charge on any atom is -0.442 e. The van der Waals surface area contributed by atoms with Crippen molar-refractivity contribution in [2.24, 2.45) is 0 Å². The van der Waals surface area contributed by atoms with E-state index in [2.05, 4.69) is 10.2 Å². The van der Waals surface area contributed by atoms with E-state index in [4.69, 9.17) is 28.6 Å². The Kier molecular flexibility index (Phi) is 7.39. The number of piperazine rings is 1. The maximum Gasteiger partial charge on any atom is 0.414 e. The Balaban J connectivity index is 1.36. The van der Waals surface area contributed by atoms with E-state index in [-0.39, 0.29) is 23.9 Å². The van der Waals surface area contributed by atoms with Crippen molar-refractivity contribution in [1.82, 2.24) is 14.5 Å². The monoisotopic (exact) mass is 524 g/mol. The lowest BCUT2D eigenvalue weighted by atomic mass is 10.0. The average molecular weight is 525 g/mol. The number of rotatable bonds is 6. The first kappa shape index (κ1) is 24.8. The molecule has 2 fully saturated rings. The molecule has 0 spiro atoms. The van der Waals surface area contributed by atoms with E-state index in [9.17, 15) is 18.0 Å². The van der Waals surface area contributed by atoms with Crippen molar-refractivity contribution >= 4 is 56.4 Å². The molecule has 1 aromatic rings. The first-order chi connectivity index (χ1) is 16.1. The topological polar surface area (TPSA) is 99.3 Å². The molecule has 0 bridgehead atoms. The van der Waals surface area contributed by atoms with Crippen molar-refractivity contribution < 1.29 is 22.7 Å². The van der Waals surface area contributed by atoms with Crippen LogP contribution in [0.25, 0.3) is 0 Å². The van der Waals surface area contributed by atoms with Gasteiger partial charge < -0.3 is 15.0 Å². The second-order valence-corrected chi connectivity index (χ2v) is 11.2. The number of cyclic esters (lactones) is 1. The molecule has 182 valence electrons. The van der Waals surface area contributed by atoms with Gasteiger partial charge in [0.25, 0.3) is 5.91 Å². The second-order valence-electron chi connectivity index (χ2n) is 8.30. The summed E-state index contributed by atoms with van der Waals surface area (Å²) in [5.41, 5.74) is 0.852. The standard InChI is InChI=1S/C22H25ClN4O5S2/c1-25-8-10-26(11-9-25)34(30,31)18-5-3-16(4-6-18)27-14-17(32-22(27)29)13-24-21(28)19-12-15(23)2-7-20(19)33/h2-6,12,17H,7-11,13-14H2,1H3,(H,24,28). The summed E-state index contributed by atoms with van der Waals surface area (Å²) in [7, 11) is -1.63. The Hall–Kier alpha value is -2.31. The van der Waals surface area contributed by atoms with Crippen LogP contribution in [0.2, 0.25) is 0 Å². The quantitative estimate of drug-likeness (QED) is 0.567. The Morgan fingerprint density at radius 1 is 1.21 bits per heavy atom. The summed E-state index contributed by atoms with van der Waals surface area (Å²) in [4.78, 5) is 29.0. The molecule has 0 saturated carbocycles. The maximum atomic E-state index is 12.9. The first-order valence-corrected chi connectivity index (χ1v) is 13.0. The van der Waals surface area contributed by atoms with Gasteiger partial charge >= 0.3 is 6.09 Å². The molecule has 9 nitrogen and oxygen atoms in total. The van der Waals surface area contributed by atoms with Gasteiger partial charge in [-0.1, -0.05) is 29.9 Å². The maximum absolute atomic E-state index is 12.9. The molecule has 3 aliphatic rings. The number of nitrogens with one attached hydrogen (secondary N) is 1. The van der Waals surface area contributed by atoms with Gasteiger partial charge in [0, 0.05) is 48.2 Å². The number of hydrogen-bond donors (Lipinski definition) is 1. The number of carbonyl (C=O) groups excluding carboxylic acids is 2. The fourth-order valence-electron chi connectivity index (χ4n) is 3.89. The summed E-state index contributed by atoms with van der Waals surface area (Å²) in [6.07, 6.45) is 2.56. The van der Waals surface area contributed by atoms with Crippen LogP contribution in [0.5, 0.6) is 0 Å². The van der Waals surface area contributed by atoms with Crippen LogP contribution in [0.1, 0.15) is 6.42 Å². The van der Waals surface area contributed by atoms with Gasteiger partial charge in [0.15, 0.2) is 0 Å². The number of sulfonamides is 1. The highest BCUT2D eigenvalue weighted by molar-refractivity contribution is 7.89. The molecule has 0 radical (unpaired) electrons. The Morgan fingerprint density at radius 2 is 1.88 bits per heavy atom. The Morgan fingerprint density at radius 3 is 2.56 bits per heavy atom. The molecule has 1 aromatic carbocycles. The molecule has 1 unspecified atom stereocenters. The molecule has 2 heterocycles. The lowest BCUT2D eigenvalue weighted by molar-refractivity contribution is -0.117. The summed E-state index contributed by atoms with van der Waals surface area (Å²) in [6.45, 7) is 2.57. The molecule has 2 saturated heterocycles. The van der Waals surface area contributed by atoms with Gasteiger partial charge in [-0.15, -0.1) is 0 Å². The van der Waals surface area contributed by atoms with Crippen LogP contribution >= 0.6 is 23.8 Å². The van der Waals surface area contributed by atoms with Crippen molar-refractivity contribution in [3.05, 3.63) is 47.0 Å². The highest BCUT2D eigenvalue weighted by Crippen LogP contribution is 2.25. The molecule has 12 heteroatoms. The SMILES string of the molecule is CN1CCN(S(=O)(=O)c2ccc(N3CC(CNC(=O)C4=CC(Cl)=CCC4=S)OC3=O)cc2)CC1. The largest absolute Gasteiger partial charge is 0.442 e. The lowest BCUT2D eigenvalue weighted by Gasteiger charge is -2.31. The fourth-order valence-corrected chi connectivity index (χ4v) is 5.73. The third-order valence-electron chi connectivity index (χ3n) is 5.92. The fraction of sp³-hybridized carbons (Fsp3) is 0.409. The van der Waals surface area contributed by atoms with Crippen LogP contribution in [0, 0.1) is 0 Å². The molecule has 1 N–H and O–H groups in total. The molecule has 1 aliphatic carbocycles. The molecule has 1 atom stereocenters. The third-order valence-corrected chi connectivity index (χ3v) is 8.49. The molecule has 2 amide bonds. The van der Waals surface area contributed by atoms with Crippen LogP contribution in [-0.4, -0.2) is 86.9 Å². The van der Waals surface area contributed by atoms with Gasteiger partial charge in [0.05, 0.1) is 23.6 Å². The summed E-state index contributed by atoms with van der Waals surface area (Å²) in [6, 6.07) is 6.17. The van der Waals surface area contributed by atoms with Crippen LogP contribution in [0.4, 0.5) is 10.5 Å². The number of likely N-dealkylation sites (N-methyl/N-ethyl adjacent to an activating group) is 1. The van der Waals surface area contributed by atoms with Crippen LogP contribution < -0.4 is 10.2 Å². The average Bonchev–Trinajstić information content (AvgIpc) is 3.20. The van der Waals surface area contributed by atoms with Crippen LogP contribution in [0.3, 0.4) is 0 Å². The second kappa shape index (κ2) is 10.1. The van der Waals surface area contributed by atoms with E-state index < -0.39 is 22.2 Å². The molecular weight excluding hydrogens is 500 g/mol. The molecule has 2 aliphatic heterocycles. The predicted molar refractivity (Wildman–Crippen MR) is 133 cm³/mol. The summed E-state index contributed by atoms with van der Waals surface area (Å²) >= 11 is 11.2. The minimum absolute atomic E-state index is 0.109. The number of ether oxygens (including phenoxy) is 1. The van der Waals surface area contributed by atoms with Crippen molar-refractivity contribution in [1.29, 1.82) is 0 Å². The zero-order valence-corrected chi connectivity index (χ0v) is 21.0. The number of benzene rings is 1. The van der Waals surface area contributed by atoms with Gasteiger partial charge in [-0.05, 0) is 37.4 Å². The van der Waals surface area contributed by atoms with E-state index >= 15 is 0 Å². The minimum atomic E-state index is -3.59. The van der Waals surface area contributed by atoms with E-state index in [1.165, 1.54) is 27.4 Å². The number of thiocarbonyl (C=S) groups is 1. The van der Waals surface area contributed by atoms with E-state index in [1.807, 2.05) is 7.05 Å². The van der Waals surface area contributed by atoms with Crippen molar-refractivity contribution in [2.45, 2.75) is 17.4 Å². The normalized spacial score (nSPS) is 22.3. The Labute approximate surface area is 209 Å². The highest BCUT2D eigenvalue weighted by Gasteiger charge is 2.34. The van der Waals surface area contributed by atoms with Gasteiger partial charge in [-0.25, -0.2) is 13.2 Å². The summed E-state index contributed by atoms with van der Waals surface area (Å²) in [5.74, 6) is -0.371.